The van der Waals surface area contributed by atoms with Gasteiger partial charge in [-0.1, -0.05) is 0 Å². The molecule has 0 radical (unpaired) electrons. The van der Waals surface area contributed by atoms with Crippen molar-refractivity contribution < 1.29 is 9.59 Å². The van der Waals surface area contributed by atoms with Crippen LogP contribution < -0.4 is 16.0 Å². The van der Waals surface area contributed by atoms with Gasteiger partial charge >= 0.3 is 6.03 Å². The number of urea groups is 1. The lowest BCUT2D eigenvalue weighted by Crippen LogP contribution is -2.34. The van der Waals surface area contributed by atoms with Gasteiger partial charge in [0.05, 0.1) is 0 Å². The van der Waals surface area contributed by atoms with Crippen LogP contribution in [-0.4, -0.2) is 50.1 Å². The Bertz CT molecular complexity index is 471. The summed E-state index contributed by atoms with van der Waals surface area (Å²) in [7, 11) is 3.61. The zero-order chi connectivity index (χ0) is 15.8. The molecule has 116 valence electrons. The molecule has 3 N–H and O–H groups in total. The van der Waals surface area contributed by atoms with Gasteiger partial charge in [0.15, 0.2) is 0 Å². The molecule has 0 aliphatic carbocycles. The Morgan fingerprint density at radius 3 is 2.33 bits per heavy atom. The number of likely N-dealkylation sites (N-methyl/N-ethyl adjacent to an activating group) is 2. The molecular weight excluding hydrogens is 268 g/mol. The molecule has 0 saturated carbocycles. The van der Waals surface area contributed by atoms with Gasteiger partial charge in [0.1, 0.15) is 0 Å². The predicted octanol–water partition coefficient (Wildman–Crippen LogP) is 1.51. The number of hydrogen-bond donors (Lipinski definition) is 3. The summed E-state index contributed by atoms with van der Waals surface area (Å²) in [4.78, 5) is 25.3. The molecule has 1 aromatic rings. The van der Waals surface area contributed by atoms with Crippen molar-refractivity contribution >= 4 is 17.6 Å². The molecule has 0 aliphatic rings. The van der Waals surface area contributed by atoms with Gasteiger partial charge in [-0.3, -0.25) is 4.79 Å². The lowest BCUT2D eigenvalue weighted by molar-refractivity contribution is 0.0797. The minimum absolute atomic E-state index is 0.0385. The van der Waals surface area contributed by atoms with Gasteiger partial charge in [-0.15, -0.1) is 0 Å². The molecule has 0 aliphatic heterocycles. The third kappa shape index (κ3) is 5.83. The highest BCUT2D eigenvalue weighted by Gasteiger charge is 2.11. The van der Waals surface area contributed by atoms with E-state index >= 15 is 0 Å². The molecule has 0 spiro atoms. The average Bonchev–Trinajstić information content (AvgIpc) is 2.43. The number of nitrogens with one attached hydrogen (secondary N) is 3. The maximum atomic E-state index is 12.1. The zero-order valence-corrected chi connectivity index (χ0v) is 13.1. The van der Waals surface area contributed by atoms with Crippen molar-refractivity contribution in [1.82, 2.24) is 15.5 Å². The minimum Gasteiger partial charge on any atom is -0.340 e. The standard InChI is InChI=1S/C15H24N4O2/c1-11(2)17-15(21)18-13-7-5-12(6-8-13)14(20)19(4)10-9-16-3/h5-8,11,16H,9-10H2,1-4H3,(H2,17,18,21). The van der Waals surface area contributed by atoms with E-state index in [1.165, 1.54) is 0 Å². The van der Waals surface area contributed by atoms with E-state index in [0.717, 1.165) is 6.54 Å². The highest BCUT2D eigenvalue weighted by atomic mass is 16.2. The number of carbonyl (C=O) groups is 2. The number of nitrogens with zero attached hydrogens (tertiary/aromatic N) is 1. The number of carbonyl (C=O) groups excluding carboxylic acids is 2. The maximum absolute atomic E-state index is 12.1. The molecule has 6 nitrogen and oxygen atoms in total. The Balaban J connectivity index is 2.61. The molecule has 1 rings (SSSR count). The topological polar surface area (TPSA) is 73.5 Å². The second-order valence-corrected chi connectivity index (χ2v) is 5.16. The fraction of sp³-hybridized carbons (Fsp3) is 0.467. The van der Waals surface area contributed by atoms with Crippen LogP contribution in [0.2, 0.25) is 0 Å². The number of hydrogen-bond acceptors (Lipinski definition) is 3. The van der Waals surface area contributed by atoms with Crippen molar-refractivity contribution in [1.29, 1.82) is 0 Å². The molecule has 6 heteroatoms. The largest absolute Gasteiger partial charge is 0.340 e. The molecular formula is C15H24N4O2. The summed E-state index contributed by atoms with van der Waals surface area (Å²) in [6, 6.07) is 6.69. The molecule has 21 heavy (non-hydrogen) atoms. The molecule has 3 amide bonds. The van der Waals surface area contributed by atoms with Crippen LogP contribution >= 0.6 is 0 Å². The second-order valence-electron chi connectivity index (χ2n) is 5.16. The van der Waals surface area contributed by atoms with Crippen LogP contribution in [0.25, 0.3) is 0 Å². The van der Waals surface area contributed by atoms with E-state index in [9.17, 15) is 9.59 Å². The second kappa shape index (κ2) is 8.26. The van der Waals surface area contributed by atoms with E-state index in [-0.39, 0.29) is 18.0 Å². The number of benzene rings is 1. The summed E-state index contributed by atoms with van der Waals surface area (Å²) in [5, 5.41) is 8.46. The van der Waals surface area contributed by atoms with E-state index in [0.29, 0.717) is 17.8 Å². The summed E-state index contributed by atoms with van der Waals surface area (Å²) in [5.74, 6) is -0.0385. The average molecular weight is 292 g/mol. The number of amides is 3. The maximum Gasteiger partial charge on any atom is 0.319 e. The normalized spacial score (nSPS) is 10.3. The van der Waals surface area contributed by atoms with Crippen LogP contribution in [0, 0.1) is 0 Å². The monoisotopic (exact) mass is 292 g/mol. The molecule has 0 aromatic heterocycles. The van der Waals surface area contributed by atoms with Crippen molar-refractivity contribution in [2.24, 2.45) is 0 Å². The Labute approximate surface area is 125 Å². The van der Waals surface area contributed by atoms with Gasteiger partial charge in [0.25, 0.3) is 5.91 Å². The number of rotatable bonds is 6. The quantitative estimate of drug-likeness (QED) is 0.744. The Morgan fingerprint density at radius 1 is 1.19 bits per heavy atom. The molecule has 0 heterocycles. The lowest BCUT2D eigenvalue weighted by atomic mass is 10.2. The van der Waals surface area contributed by atoms with Gasteiger partial charge in [-0.05, 0) is 45.2 Å². The van der Waals surface area contributed by atoms with Crippen molar-refractivity contribution in [2.75, 3.05) is 32.5 Å². The third-order valence-corrected chi connectivity index (χ3v) is 2.85. The minimum atomic E-state index is -0.254. The molecule has 0 unspecified atom stereocenters. The van der Waals surface area contributed by atoms with E-state index < -0.39 is 0 Å². The molecule has 0 saturated heterocycles. The summed E-state index contributed by atoms with van der Waals surface area (Å²) >= 11 is 0. The van der Waals surface area contributed by atoms with E-state index in [1.54, 1.807) is 36.2 Å². The van der Waals surface area contributed by atoms with Crippen molar-refractivity contribution in [3.8, 4) is 0 Å². The van der Waals surface area contributed by atoms with Crippen LogP contribution in [0.3, 0.4) is 0 Å². The van der Waals surface area contributed by atoms with E-state index in [4.69, 9.17) is 0 Å². The molecule has 1 aromatic carbocycles. The van der Waals surface area contributed by atoms with Gasteiger partial charge < -0.3 is 20.9 Å². The highest BCUT2D eigenvalue weighted by molar-refractivity contribution is 5.95. The Hall–Kier alpha value is -2.08. The van der Waals surface area contributed by atoms with Crippen LogP contribution in [0.1, 0.15) is 24.2 Å². The summed E-state index contributed by atoms with van der Waals surface area (Å²) in [5.41, 5.74) is 1.26. The highest BCUT2D eigenvalue weighted by Crippen LogP contribution is 2.11. The van der Waals surface area contributed by atoms with Crippen molar-refractivity contribution in [3.63, 3.8) is 0 Å². The van der Waals surface area contributed by atoms with Gasteiger partial charge in [-0.2, -0.15) is 0 Å². The van der Waals surface area contributed by atoms with Crippen LogP contribution in [-0.2, 0) is 0 Å². The van der Waals surface area contributed by atoms with Crippen LogP contribution in [0.4, 0.5) is 10.5 Å². The summed E-state index contributed by atoms with van der Waals surface area (Å²) < 4.78 is 0. The Kier molecular flexibility index (Phi) is 6.68. The third-order valence-electron chi connectivity index (χ3n) is 2.85. The SMILES string of the molecule is CNCCN(C)C(=O)c1ccc(NC(=O)NC(C)C)cc1. The molecule has 0 atom stereocenters. The first-order valence-electron chi connectivity index (χ1n) is 7.01. The zero-order valence-electron chi connectivity index (χ0n) is 13.1. The summed E-state index contributed by atoms with van der Waals surface area (Å²) in [6.45, 7) is 5.17. The van der Waals surface area contributed by atoms with Gasteiger partial charge in [0, 0.05) is 37.4 Å². The van der Waals surface area contributed by atoms with Gasteiger partial charge in [-0.25, -0.2) is 4.79 Å². The van der Waals surface area contributed by atoms with Crippen LogP contribution in [0.15, 0.2) is 24.3 Å². The van der Waals surface area contributed by atoms with Crippen molar-refractivity contribution in [3.05, 3.63) is 29.8 Å². The fourth-order valence-corrected chi connectivity index (χ4v) is 1.73. The van der Waals surface area contributed by atoms with Crippen molar-refractivity contribution in [2.45, 2.75) is 19.9 Å². The molecule has 0 bridgehead atoms. The number of anilines is 1. The first-order chi connectivity index (χ1) is 9.93. The lowest BCUT2D eigenvalue weighted by Gasteiger charge is -2.17. The van der Waals surface area contributed by atoms with E-state index in [2.05, 4.69) is 16.0 Å². The van der Waals surface area contributed by atoms with E-state index in [1.807, 2.05) is 20.9 Å². The summed E-state index contributed by atoms with van der Waals surface area (Å²) in [6.07, 6.45) is 0. The Morgan fingerprint density at radius 2 is 1.81 bits per heavy atom. The first-order valence-corrected chi connectivity index (χ1v) is 7.01. The smallest absolute Gasteiger partial charge is 0.319 e. The van der Waals surface area contributed by atoms with Crippen LogP contribution in [0.5, 0.6) is 0 Å². The first kappa shape index (κ1) is 17.0. The predicted molar refractivity (Wildman–Crippen MR) is 84.6 cm³/mol. The fourth-order valence-electron chi connectivity index (χ4n) is 1.73. The molecule has 0 fully saturated rings. The van der Waals surface area contributed by atoms with Gasteiger partial charge in [0.2, 0.25) is 0 Å².